The average Bonchev–Trinajstić information content (AvgIpc) is 2.19. The van der Waals surface area contributed by atoms with Crippen LogP contribution in [0, 0.1) is 11.3 Å². The van der Waals surface area contributed by atoms with E-state index >= 15 is 0 Å². The van der Waals surface area contributed by atoms with Crippen LogP contribution in [-0.2, 0) is 0 Å². The lowest BCUT2D eigenvalue weighted by molar-refractivity contribution is 0.288. The van der Waals surface area contributed by atoms with Crippen molar-refractivity contribution in [2.45, 2.75) is 39.5 Å². The van der Waals surface area contributed by atoms with E-state index in [9.17, 15) is 0 Å². The highest BCUT2D eigenvalue weighted by Gasteiger charge is 2.11. The molecule has 0 aromatic heterocycles. The van der Waals surface area contributed by atoms with Crippen LogP contribution in [0.1, 0.15) is 39.5 Å². The van der Waals surface area contributed by atoms with Gasteiger partial charge in [-0.25, -0.2) is 0 Å². The second-order valence-corrected chi connectivity index (χ2v) is 5.14. The van der Waals surface area contributed by atoms with Gasteiger partial charge in [0.05, 0.1) is 5.84 Å². The summed E-state index contributed by atoms with van der Waals surface area (Å²) in [6, 6.07) is 0. The van der Waals surface area contributed by atoms with Gasteiger partial charge in [-0.2, -0.15) is 0 Å². The van der Waals surface area contributed by atoms with Crippen LogP contribution in [-0.4, -0.2) is 30.4 Å². The van der Waals surface area contributed by atoms with Crippen LogP contribution >= 0.6 is 0 Å². The number of nitrogens with one attached hydrogen (secondary N) is 1. The molecule has 1 rings (SSSR count). The van der Waals surface area contributed by atoms with Crippen molar-refractivity contribution < 1.29 is 0 Å². The van der Waals surface area contributed by atoms with Gasteiger partial charge >= 0.3 is 0 Å². The third-order valence-electron chi connectivity index (χ3n) is 2.98. The summed E-state index contributed by atoms with van der Waals surface area (Å²) < 4.78 is 0. The van der Waals surface area contributed by atoms with Crippen molar-refractivity contribution in [3.8, 4) is 0 Å². The Hall–Kier alpha value is -0.830. The van der Waals surface area contributed by atoms with Crippen LogP contribution in [0.5, 0.6) is 0 Å². The van der Waals surface area contributed by atoms with Crippen molar-refractivity contribution in [1.29, 1.82) is 5.41 Å². The van der Waals surface area contributed by atoms with Crippen molar-refractivity contribution in [2.75, 3.05) is 19.6 Å². The molecule has 92 valence electrons. The van der Waals surface area contributed by atoms with E-state index in [1.54, 1.807) is 5.57 Å². The van der Waals surface area contributed by atoms with Crippen LogP contribution in [0.2, 0.25) is 0 Å². The van der Waals surface area contributed by atoms with Crippen LogP contribution in [0.25, 0.3) is 0 Å². The summed E-state index contributed by atoms with van der Waals surface area (Å²) in [4.78, 5) is 2.45. The van der Waals surface area contributed by atoms with Crippen LogP contribution in [0.15, 0.2) is 11.6 Å². The molecule has 0 aromatic carbocycles. The zero-order valence-electron chi connectivity index (χ0n) is 10.6. The van der Waals surface area contributed by atoms with Gasteiger partial charge in [0.25, 0.3) is 0 Å². The highest BCUT2D eigenvalue weighted by molar-refractivity contribution is 5.76. The van der Waals surface area contributed by atoms with E-state index < -0.39 is 0 Å². The zero-order valence-corrected chi connectivity index (χ0v) is 10.6. The Morgan fingerprint density at radius 1 is 1.56 bits per heavy atom. The normalized spacial score (nSPS) is 17.6. The van der Waals surface area contributed by atoms with Gasteiger partial charge < -0.3 is 5.73 Å². The highest BCUT2D eigenvalue weighted by Crippen LogP contribution is 2.18. The van der Waals surface area contributed by atoms with E-state index in [1.807, 2.05) is 0 Å². The lowest BCUT2D eigenvalue weighted by atomic mass is 9.98. The SMILES string of the molecule is CC(C)CC1=CCN(CCCC(=N)N)CC1. The van der Waals surface area contributed by atoms with Crippen molar-refractivity contribution in [3.05, 3.63) is 11.6 Å². The summed E-state index contributed by atoms with van der Waals surface area (Å²) in [5.41, 5.74) is 6.96. The zero-order chi connectivity index (χ0) is 12.0. The Kier molecular flexibility index (Phi) is 5.53. The fourth-order valence-electron chi connectivity index (χ4n) is 2.16. The molecular formula is C13H25N3. The van der Waals surface area contributed by atoms with Crippen molar-refractivity contribution in [1.82, 2.24) is 4.90 Å². The standard InChI is InChI=1S/C13H25N3/c1-11(2)10-12-5-8-16(9-6-12)7-3-4-13(14)15/h5,11H,3-4,6-10H2,1-2H3,(H3,14,15). The first-order valence-electron chi connectivity index (χ1n) is 6.31. The minimum absolute atomic E-state index is 0.313. The maximum Gasteiger partial charge on any atom is 0.0905 e. The number of hydrogen-bond acceptors (Lipinski definition) is 2. The average molecular weight is 223 g/mol. The molecule has 1 aliphatic rings. The van der Waals surface area contributed by atoms with E-state index in [4.69, 9.17) is 11.1 Å². The molecule has 16 heavy (non-hydrogen) atoms. The van der Waals surface area contributed by atoms with Gasteiger partial charge in [-0.1, -0.05) is 25.5 Å². The molecule has 3 nitrogen and oxygen atoms in total. The van der Waals surface area contributed by atoms with Gasteiger partial charge in [-0.3, -0.25) is 10.3 Å². The Morgan fingerprint density at radius 3 is 2.81 bits per heavy atom. The number of hydrogen-bond donors (Lipinski definition) is 2. The number of nitrogens with zero attached hydrogens (tertiary/aromatic N) is 1. The first-order chi connectivity index (χ1) is 7.58. The van der Waals surface area contributed by atoms with Gasteiger partial charge in [0.1, 0.15) is 0 Å². The Morgan fingerprint density at radius 2 is 2.31 bits per heavy atom. The maximum absolute atomic E-state index is 7.17. The summed E-state index contributed by atoms with van der Waals surface area (Å²) in [5.74, 6) is 1.09. The van der Waals surface area contributed by atoms with E-state index in [2.05, 4.69) is 24.8 Å². The number of rotatable bonds is 6. The fraction of sp³-hybridized carbons (Fsp3) is 0.769. The van der Waals surface area contributed by atoms with Gasteiger partial charge in [0.2, 0.25) is 0 Å². The molecule has 1 heterocycles. The largest absolute Gasteiger partial charge is 0.388 e. The van der Waals surface area contributed by atoms with Gasteiger partial charge in [0.15, 0.2) is 0 Å². The second kappa shape index (κ2) is 6.69. The molecule has 0 aliphatic carbocycles. The smallest absolute Gasteiger partial charge is 0.0905 e. The summed E-state index contributed by atoms with van der Waals surface area (Å²) in [6.45, 7) is 7.89. The molecule has 3 heteroatoms. The van der Waals surface area contributed by atoms with Gasteiger partial charge in [-0.15, -0.1) is 0 Å². The molecule has 0 atom stereocenters. The maximum atomic E-state index is 7.17. The third-order valence-corrected chi connectivity index (χ3v) is 2.98. The van der Waals surface area contributed by atoms with Crippen LogP contribution in [0.3, 0.4) is 0 Å². The Bertz CT molecular complexity index is 256. The lowest BCUT2D eigenvalue weighted by Crippen LogP contribution is -2.30. The Labute approximate surface area is 99.2 Å². The molecule has 0 bridgehead atoms. The Balaban J connectivity index is 2.20. The molecule has 0 saturated carbocycles. The lowest BCUT2D eigenvalue weighted by Gasteiger charge is -2.26. The van der Waals surface area contributed by atoms with E-state index in [-0.39, 0.29) is 0 Å². The molecule has 0 unspecified atom stereocenters. The molecule has 0 saturated heterocycles. The molecule has 0 amide bonds. The van der Waals surface area contributed by atoms with Crippen molar-refractivity contribution in [2.24, 2.45) is 11.7 Å². The minimum atomic E-state index is 0.313. The molecule has 1 aliphatic heterocycles. The van der Waals surface area contributed by atoms with Crippen molar-refractivity contribution >= 4 is 5.84 Å². The molecule has 0 fully saturated rings. The predicted molar refractivity (Wildman–Crippen MR) is 69.7 cm³/mol. The fourth-order valence-corrected chi connectivity index (χ4v) is 2.16. The highest BCUT2D eigenvalue weighted by atomic mass is 15.1. The molecule has 3 N–H and O–H groups in total. The van der Waals surface area contributed by atoms with Gasteiger partial charge in [-0.05, 0) is 31.7 Å². The summed E-state index contributed by atoms with van der Waals surface area (Å²) in [6.07, 6.45) is 6.61. The third kappa shape index (κ3) is 5.31. The van der Waals surface area contributed by atoms with E-state index in [0.717, 1.165) is 31.8 Å². The molecule has 0 aromatic rings. The van der Waals surface area contributed by atoms with Crippen LogP contribution in [0.4, 0.5) is 0 Å². The van der Waals surface area contributed by atoms with Crippen molar-refractivity contribution in [3.63, 3.8) is 0 Å². The van der Waals surface area contributed by atoms with Gasteiger partial charge in [0, 0.05) is 19.5 Å². The molecule has 0 radical (unpaired) electrons. The number of amidine groups is 1. The molecular weight excluding hydrogens is 198 g/mol. The summed E-state index contributed by atoms with van der Waals surface area (Å²) in [7, 11) is 0. The quantitative estimate of drug-likeness (QED) is 0.413. The summed E-state index contributed by atoms with van der Waals surface area (Å²) in [5, 5.41) is 7.17. The predicted octanol–water partition coefficient (Wildman–Crippen LogP) is 2.38. The summed E-state index contributed by atoms with van der Waals surface area (Å²) >= 11 is 0. The topological polar surface area (TPSA) is 53.1 Å². The first-order valence-corrected chi connectivity index (χ1v) is 6.31. The van der Waals surface area contributed by atoms with E-state index in [0.29, 0.717) is 5.84 Å². The minimum Gasteiger partial charge on any atom is -0.388 e. The number of nitrogens with two attached hydrogens (primary N) is 1. The first kappa shape index (κ1) is 13.2. The monoisotopic (exact) mass is 223 g/mol. The van der Waals surface area contributed by atoms with E-state index in [1.165, 1.54) is 19.4 Å². The van der Waals surface area contributed by atoms with Crippen LogP contribution < -0.4 is 5.73 Å². The second-order valence-electron chi connectivity index (χ2n) is 5.14. The molecule has 0 spiro atoms.